The summed E-state index contributed by atoms with van der Waals surface area (Å²) >= 11 is 6.37. The van der Waals surface area contributed by atoms with Gasteiger partial charge in [-0.2, -0.15) is 0 Å². The van der Waals surface area contributed by atoms with E-state index >= 15 is 0 Å². The fraction of sp³-hybridized carbons (Fsp3) is 0.333. The maximum atomic E-state index is 11.9. The molecular formula is C18H23ClN4O4S. The predicted octanol–water partition coefficient (Wildman–Crippen LogP) is 3.39. The summed E-state index contributed by atoms with van der Waals surface area (Å²) in [5.74, 6) is 0. The van der Waals surface area contributed by atoms with Crippen molar-refractivity contribution in [2.75, 3.05) is 25.0 Å². The quantitative estimate of drug-likeness (QED) is 0.468. The maximum Gasteiger partial charge on any atom is 0.270 e. The van der Waals surface area contributed by atoms with Gasteiger partial charge in [0.15, 0.2) is 0 Å². The summed E-state index contributed by atoms with van der Waals surface area (Å²) in [5, 5.41) is 19.9. The van der Waals surface area contributed by atoms with Crippen molar-refractivity contribution >= 4 is 33.0 Å². The van der Waals surface area contributed by atoms with E-state index in [0.717, 1.165) is 24.7 Å². The summed E-state index contributed by atoms with van der Waals surface area (Å²) < 4.78 is 23.9. The van der Waals surface area contributed by atoms with Gasteiger partial charge in [0.25, 0.3) is 5.69 Å². The molecule has 8 nitrogen and oxygen atoms in total. The van der Waals surface area contributed by atoms with E-state index in [2.05, 4.69) is 10.2 Å². The number of primary sulfonamides is 1. The van der Waals surface area contributed by atoms with Gasteiger partial charge < -0.3 is 5.32 Å². The number of nitrogens with one attached hydrogen (secondary N) is 1. The highest BCUT2D eigenvalue weighted by atomic mass is 35.5. The molecule has 3 N–H and O–H groups in total. The van der Waals surface area contributed by atoms with Crippen LogP contribution in [0.5, 0.6) is 0 Å². The SMILES string of the molecule is CCN(CC)[C@@H](CNc1ccc([N+](=O)[O-])cc1S(N)(=O)=O)c1ccccc1Cl. The Kier molecular flexibility index (Phi) is 7.36. The number of halogens is 1. The number of benzene rings is 2. The van der Waals surface area contributed by atoms with Gasteiger partial charge in [0.2, 0.25) is 10.0 Å². The highest BCUT2D eigenvalue weighted by molar-refractivity contribution is 7.89. The van der Waals surface area contributed by atoms with Crippen LogP contribution in [-0.4, -0.2) is 37.9 Å². The van der Waals surface area contributed by atoms with Gasteiger partial charge in [-0.1, -0.05) is 43.6 Å². The van der Waals surface area contributed by atoms with E-state index in [4.69, 9.17) is 16.7 Å². The highest BCUT2D eigenvalue weighted by Crippen LogP contribution is 2.30. The number of rotatable bonds is 9. The minimum absolute atomic E-state index is 0.132. The van der Waals surface area contributed by atoms with E-state index in [1.165, 1.54) is 12.1 Å². The smallest absolute Gasteiger partial charge is 0.270 e. The summed E-state index contributed by atoms with van der Waals surface area (Å²) in [5.41, 5.74) is 0.762. The number of sulfonamides is 1. The molecule has 2 aromatic rings. The number of nitrogens with zero attached hydrogens (tertiary/aromatic N) is 2. The van der Waals surface area contributed by atoms with Crippen LogP contribution in [0.4, 0.5) is 11.4 Å². The number of nitro benzene ring substituents is 1. The topological polar surface area (TPSA) is 119 Å². The minimum atomic E-state index is -4.15. The molecule has 0 aromatic heterocycles. The van der Waals surface area contributed by atoms with Gasteiger partial charge >= 0.3 is 0 Å². The summed E-state index contributed by atoms with van der Waals surface area (Å²) in [6.07, 6.45) is 0. The molecule has 0 amide bonds. The number of non-ortho nitro benzene ring substituents is 1. The van der Waals surface area contributed by atoms with Gasteiger partial charge in [0, 0.05) is 23.7 Å². The normalized spacial score (nSPS) is 12.8. The largest absolute Gasteiger partial charge is 0.382 e. The van der Waals surface area contributed by atoms with Crippen molar-refractivity contribution in [3.63, 3.8) is 0 Å². The van der Waals surface area contributed by atoms with Crippen LogP contribution in [0.2, 0.25) is 5.02 Å². The lowest BCUT2D eigenvalue weighted by Gasteiger charge is -2.31. The Bertz CT molecular complexity index is 948. The molecule has 0 aliphatic carbocycles. The third-order valence-corrected chi connectivity index (χ3v) is 5.78. The molecule has 0 bridgehead atoms. The molecule has 0 radical (unpaired) electrons. The van der Waals surface area contributed by atoms with Crippen molar-refractivity contribution in [3.05, 3.63) is 63.2 Å². The molecule has 0 fully saturated rings. The first kappa shape index (κ1) is 22.1. The first-order chi connectivity index (χ1) is 13.2. The van der Waals surface area contributed by atoms with Crippen LogP contribution in [0.25, 0.3) is 0 Å². The average molecular weight is 427 g/mol. The van der Waals surface area contributed by atoms with Gasteiger partial charge in [-0.3, -0.25) is 15.0 Å². The van der Waals surface area contributed by atoms with E-state index in [-0.39, 0.29) is 22.3 Å². The molecular weight excluding hydrogens is 404 g/mol. The molecule has 0 heterocycles. The molecule has 2 aromatic carbocycles. The molecule has 0 aliphatic rings. The Morgan fingerprint density at radius 1 is 1.21 bits per heavy atom. The summed E-state index contributed by atoms with van der Waals surface area (Å²) in [6.45, 7) is 5.91. The third-order valence-electron chi connectivity index (χ3n) is 4.49. The van der Waals surface area contributed by atoms with Crippen LogP contribution in [0.15, 0.2) is 47.4 Å². The first-order valence-electron chi connectivity index (χ1n) is 8.72. The molecule has 0 aliphatic heterocycles. The number of hydrogen-bond acceptors (Lipinski definition) is 6. The fourth-order valence-electron chi connectivity index (χ4n) is 3.06. The van der Waals surface area contributed by atoms with Gasteiger partial charge in [-0.25, -0.2) is 13.6 Å². The Hall–Kier alpha value is -2.20. The van der Waals surface area contributed by atoms with Gasteiger partial charge in [-0.15, -0.1) is 0 Å². The lowest BCUT2D eigenvalue weighted by Crippen LogP contribution is -2.33. The van der Waals surface area contributed by atoms with Gasteiger partial charge in [-0.05, 0) is 30.8 Å². The highest BCUT2D eigenvalue weighted by Gasteiger charge is 2.23. The molecule has 0 unspecified atom stereocenters. The van der Waals surface area contributed by atoms with E-state index in [1.807, 2.05) is 32.0 Å². The summed E-state index contributed by atoms with van der Waals surface area (Å²) in [4.78, 5) is 12.2. The number of hydrogen-bond donors (Lipinski definition) is 2. The zero-order valence-electron chi connectivity index (χ0n) is 15.6. The lowest BCUT2D eigenvalue weighted by molar-refractivity contribution is -0.385. The third kappa shape index (κ3) is 5.20. The zero-order chi connectivity index (χ0) is 20.9. The predicted molar refractivity (Wildman–Crippen MR) is 110 cm³/mol. The second-order valence-electron chi connectivity index (χ2n) is 6.12. The van der Waals surface area contributed by atoms with Crippen molar-refractivity contribution in [1.29, 1.82) is 0 Å². The monoisotopic (exact) mass is 426 g/mol. The summed E-state index contributed by atoms with van der Waals surface area (Å²) in [7, 11) is -4.15. The van der Waals surface area contributed by atoms with Crippen LogP contribution < -0.4 is 10.5 Å². The molecule has 0 saturated heterocycles. The van der Waals surface area contributed by atoms with Crippen molar-refractivity contribution in [2.45, 2.75) is 24.8 Å². The zero-order valence-corrected chi connectivity index (χ0v) is 17.2. The van der Waals surface area contributed by atoms with E-state index in [9.17, 15) is 18.5 Å². The molecule has 2 rings (SSSR count). The van der Waals surface area contributed by atoms with Crippen LogP contribution in [0, 0.1) is 10.1 Å². The lowest BCUT2D eigenvalue weighted by atomic mass is 10.0. The number of anilines is 1. The molecule has 1 atom stereocenters. The summed E-state index contributed by atoms with van der Waals surface area (Å²) in [6, 6.07) is 10.9. The van der Waals surface area contributed by atoms with Gasteiger partial charge in [0.05, 0.1) is 16.7 Å². The van der Waals surface area contributed by atoms with E-state index < -0.39 is 14.9 Å². The molecule has 10 heteroatoms. The first-order valence-corrected chi connectivity index (χ1v) is 10.6. The molecule has 152 valence electrons. The van der Waals surface area contributed by atoms with Gasteiger partial charge in [0.1, 0.15) is 4.90 Å². The molecule has 0 saturated carbocycles. The van der Waals surface area contributed by atoms with E-state index in [0.29, 0.717) is 11.6 Å². The standard InChI is InChI=1S/C18H23ClN4O4S/c1-3-22(4-2)17(14-7-5-6-8-15(14)19)12-21-16-10-9-13(23(24)25)11-18(16)28(20,26)27/h5-11,17,21H,3-4,12H2,1-2H3,(H2,20,26,27)/t17-/m0/s1. The Labute approximate surface area is 169 Å². The van der Waals surface area contributed by atoms with Crippen LogP contribution in [0.1, 0.15) is 25.5 Å². The average Bonchev–Trinajstić information content (AvgIpc) is 2.65. The number of nitro groups is 1. The van der Waals surface area contributed by atoms with E-state index in [1.54, 1.807) is 6.07 Å². The van der Waals surface area contributed by atoms with Crippen LogP contribution in [0.3, 0.4) is 0 Å². The number of likely N-dealkylation sites (N-methyl/N-ethyl adjacent to an activating group) is 1. The Morgan fingerprint density at radius 3 is 2.39 bits per heavy atom. The Morgan fingerprint density at radius 2 is 1.86 bits per heavy atom. The fourth-order valence-corrected chi connectivity index (χ4v) is 4.05. The van der Waals surface area contributed by atoms with Crippen molar-refractivity contribution in [1.82, 2.24) is 4.90 Å². The number of nitrogens with two attached hydrogens (primary N) is 1. The van der Waals surface area contributed by atoms with Crippen molar-refractivity contribution in [2.24, 2.45) is 5.14 Å². The second kappa shape index (κ2) is 9.33. The minimum Gasteiger partial charge on any atom is -0.382 e. The Balaban J connectivity index is 2.40. The second-order valence-corrected chi connectivity index (χ2v) is 8.06. The van der Waals surface area contributed by atoms with Crippen LogP contribution in [-0.2, 0) is 10.0 Å². The van der Waals surface area contributed by atoms with Crippen molar-refractivity contribution in [3.8, 4) is 0 Å². The molecule has 28 heavy (non-hydrogen) atoms. The van der Waals surface area contributed by atoms with Crippen molar-refractivity contribution < 1.29 is 13.3 Å². The van der Waals surface area contributed by atoms with Crippen LogP contribution >= 0.6 is 11.6 Å². The maximum absolute atomic E-state index is 11.9. The molecule has 0 spiro atoms.